The lowest BCUT2D eigenvalue weighted by molar-refractivity contribution is 0.102. The van der Waals surface area contributed by atoms with Gasteiger partial charge in [-0.05, 0) is 12.1 Å². The molecule has 18 heavy (non-hydrogen) atoms. The second-order valence-electron chi connectivity index (χ2n) is 3.65. The summed E-state index contributed by atoms with van der Waals surface area (Å²) in [7, 11) is 1.58. The Kier molecular flexibility index (Phi) is 2.97. The van der Waals surface area contributed by atoms with Crippen molar-refractivity contribution in [1.82, 2.24) is 9.78 Å². The molecule has 0 aliphatic rings. The van der Waals surface area contributed by atoms with Crippen molar-refractivity contribution < 1.29 is 13.6 Å². The average Bonchev–Trinajstić information content (AvgIpc) is 2.60. The van der Waals surface area contributed by atoms with Crippen molar-refractivity contribution in [3.05, 3.63) is 41.6 Å². The number of nitrogens with zero attached hydrogens (tertiary/aromatic N) is 2. The number of halogens is 2. The number of nitrogens with one attached hydrogen (secondary N) is 1. The van der Waals surface area contributed by atoms with Gasteiger partial charge in [-0.15, -0.1) is 0 Å². The second kappa shape index (κ2) is 4.44. The molecule has 1 aromatic carbocycles. The quantitative estimate of drug-likeness (QED) is 0.851. The van der Waals surface area contributed by atoms with Gasteiger partial charge in [-0.2, -0.15) is 5.10 Å². The highest BCUT2D eigenvalue weighted by atomic mass is 19.1. The number of aromatic nitrogens is 2. The molecule has 0 radical (unpaired) electrons. The van der Waals surface area contributed by atoms with Gasteiger partial charge in [0, 0.05) is 13.1 Å². The number of benzene rings is 1. The smallest absolute Gasteiger partial charge is 0.259 e. The maximum absolute atomic E-state index is 13.4. The maximum atomic E-state index is 13.4. The first-order valence-corrected chi connectivity index (χ1v) is 5.03. The Hall–Kier alpha value is -2.44. The fourth-order valence-corrected chi connectivity index (χ4v) is 1.46. The van der Waals surface area contributed by atoms with Gasteiger partial charge in [0.2, 0.25) is 0 Å². The van der Waals surface area contributed by atoms with E-state index in [0.717, 1.165) is 12.1 Å². The summed E-state index contributed by atoms with van der Waals surface area (Å²) in [4.78, 5) is 11.8. The van der Waals surface area contributed by atoms with Crippen molar-refractivity contribution in [3.8, 4) is 0 Å². The van der Waals surface area contributed by atoms with Crippen molar-refractivity contribution >= 4 is 17.4 Å². The number of anilines is 2. The third kappa shape index (κ3) is 2.15. The molecule has 94 valence electrons. The van der Waals surface area contributed by atoms with Gasteiger partial charge in [0.25, 0.3) is 5.91 Å². The third-order valence-corrected chi connectivity index (χ3v) is 2.37. The van der Waals surface area contributed by atoms with E-state index < -0.39 is 17.5 Å². The molecule has 5 nitrogen and oxygen atoms in total. The van der Waals surface area contributed by atoms with E-state index in [1.54, 1.807) is 7.05 Å². The number of carbonyl (C=O) groups excluding carboxylic acids is 1. The molecule has 0 bridgehead atoms. The van der Waals surface area contributed by atoms with Crippen LogP contribution in [0.2, 0.25) is 0 Å². The Morgan fingerprint density at radius 1 is 1.44 bits per heavy atom. The van der Waals surface area contributed by atoms with E-state index >= 15 is 0 Å². The minimum Gasteiger partial charge on any atom is -0.394 e. The van der Waals surface area contributed by atoms with Crippen molar-refractivity contribution in [3.63, 3.8) is 0 Å². The molecule has 3 N–H and O–H groups in total. The fourth-order valence-electron chi connectivity index (χ4n) is 1.46. The Morgan fingerprint density at radius 2 is 2.17 bits per heavy atom. The van der Waals surface area contributed by atoms with Crippen LogP contribution in [-0.2, 0) is 7.05 Å². The van der Waals surface area contributed by atoms with E-state index in [0.29, 0.717) is 6.07 Å². The number of amides is 1. The summed E-state index contributed by atoms with van der Waals surface area (Å²) in [5.74, 6) is -2.15. The van der Waals surface area contributed by atoms with Gasteiger partial charge in [0.15, 0.2) is 5.82 Å². The van der Waals surface area contributed by atoms with Crippen LogP contribution in [0.25, 0.3) is 0 Å². The minimum atomic E-state index is -0.937. The van der Waals surface area contributed by atoms with Crippen molar-refractivity contribution in [2.24, 2.45) is 7.05 Å². The Labute approximate surface area is 101 Å². The zero-order valence-corrected chi connectivity index (χ0v) is 9.45. The van der Waals surface area contributed by atoms with Crippen LogP contribution in [-0.4, -0.2) is 15.7 Å². The number of rotatable bonds is 2. The molecule has 2 rings (SSSR count). The van der Waals surface area contributed by atoms with Crippen molar-refractivity contribution in [2.75, 3.05) is 11.1 Å². The number of hydrogen-bond acceptors (Lipinski definition) is 3. The molecular weight excluding hydrogens is 242 g/mol. The van der Waals surface area contributed by atoms with E-state index in [1.165, 1.54) is 10.9 Å². The van der Waals surface area contributed by atoms with Crippen LogP contribution in [0.1, 0.15) is 10.4 Å². The Balaban J connectivity index is 2.28. The van der Waals surface area contributed by atoms with Gasteiger partial charge in [-0.1, -0.05) is 0 Å². The third-order valence-electron chi connectivity index (χ3n) is 2.37. The zero-order valence-electron chi connectivity index (χ0n) is 9.45. The SMILES string of the molecule is Cn1ncc(N)c1NC(=O)c1ccc(F)cc1F. The predicted octanol–water partition coefficient (Wildman–Crippen LogP) is 1.53. The molecule has 0 aliphatic heterocycles. The molecule has 1 heterocycles. The topological polar surface area (TPSA) is 72.9 Å². The van der Waals surface area contributed by atoms with Crippen molar-refractivity contribution in [2.45, 2.75) is 0 Å². The van der Waals surface area contributed by atoms with Gasteiger partial charge in [0.05, 0.1) is 17.4 Å². The van der Waals surface area contributed by atoms with Gasteiger partial charge >= 0.3 is 0 Å². The molecule has 0 saturated carbocycles. The maximum Gasteiger partial charge on any atom is 0.259 e. The van der Waals surface area contributed by atoms with E-state index in [2.05, 4.69) is 10.4 Å². The van der Waals surface area contributed by atoms with Gasteiger partial charge in [-0.25, -0.2) is 8.78 Å². The normalized spacial score (nSPS) is 10.4. The molecule has 1 aromatic heterocycles. The number of hydrogen-bond donors (Lipinski definition) is 2. The zero-order chi connectivity index (χ0) is 13.3. The molecule has 7 heteroatoms. The van der Waals surface area contributed by atoms with Crippen LogP contribution >= 0.6 is 0 Å². The summed E-state index contributed by atoms with van der Waals surface area (Å²) in [5, 5.41) is 6.23. The lowest BCUT2D eigenvalue weighted by atomic mass is 10.2. The minimum absolute atomic E-state index is 0.253. The van der Waals surface area contributed by atoms with Crippen LogP contribution in [0.15, 0.2) is 24.4 Å². The lowest BCUT2D eigenvalue weighted by Gasteiger charge is -2.07. The van der Waals surface area contributed by atoms with E-state index in [4.69, 9.17) is 5.73 Å². The first kappa shape index (κ1) is 12.0. The van der Waals surface area contributed by atoms with Gasteiger partial charge in [0.1, 0.15) is 11.6 Å². The highest BCUT2D eigenvalue weighted by Crippen LogP contribution is 2.18. The summed E-state index contributed by atoms with van der Waals surface area (Å²) in [5.41, 5.74) is 5.57. The average molecular weight is 252 g/mol. The van der Waals surface area contributed by atoms with E-state index in [-0.39, 0.29) is 17.1 Å². The summed E-state index contributed by atoms with van der Waals surface area (Å²) in [6.07, 6.45) is 1.36. The van der Waals surface area contributed by atoms with Crippen LogP contribution in [0.4, 0.5) is 20.3 Å². The fraction of sp³-hybridized carbons (Fsp3) is 0.0909. The standard InChI is InChI=1S/C11H10F2N4O/c1-17-10(9(14)5-15-17)16-11(18)7-3-2-6(12)4-8(7)13/h2-5H,14H2,1H3,(H,16,18). The van der Waals surface area contributed by atoms with Crippen LogP contribution < -0.4 is 11.1 Å². The van der Waals surface area contributed by atoms with E-state index in [9.17, 15) is 13.6 Å². The number of nitrogen functional groups attached to an aromatic ring is 1. The number of carbonyl (C=O) groups is 1. The molecule has 0 aliphatic carbocycles. The highest BCUT2D eigenvalue weighted by Gasteiger charge is 2.15. The summed E-state index contributed by atoms with van der Waals surface area (Å²) >= 11 is 0. The van der Waals surface area contributed by atoms with E-state index in [1.807, 2.05) is 0 Å². The monoisotopic (exact) mass is 252 g/mol. The Bertz CT molecular complexity index is 590. The largest absolute Gasteiger partial charge is 0.394 e. The van der Waals surface area contributed by atoms with Gasteiger partial charge in [-0.3, -0.25) is 9.48 Å². The molecule has 2 aromatic rings. The lowest BCUT2D eigenvalue weighted by Crippen LogP contribution is -2.17. The molecule has 0 unspecified atom stereocenters. The molecule has 1 amide bonds. The highest BCUT2D eigenvalue weighted by molar-refractivity contribution is 6.05. The molecule has 0 atom stereocenters. The molecule has 0 spiro atoms. The molecule has 0 fully saturated rings. The number of aryl methyl sites for hydroxylation is 1. The summed E-state index contributed by atoms with van der Waals surface area (Å²) in [6.45, 7) is 0. The predicted molar refractivity (Wildman–Crippen MR) is 61.9 cm³/mol. The second-order valence-corrected chi connectivity index (χ2v) is 3.65. The molecular formula is C11H10F2N4O. The Morgan fingerprint density at radius 3 is 2.72 bits per heavy atom. The summed E-state index contributed by atoms with van der Waals surface area (Å²) in [6, 6.07) is 2.71. The first-order chi connectivity index (χ1) is 8.49. The summed E-state index contributed by atoms with van der Waals surface area (Å²) < 4.78 is 27.4. The van der Waals surface area contributed by atoms with Crippen LogP contribution in [0, 0.1) is 11.6 Å². The van der Waals surface area contributed by atoms with Gasteiger partial charge < -0.3 is 11.1 Å². The van der Waals surface area contributed by atoms with Crippen molar-refractivity contribution in [1.29, 1.82) is 0 Å². The number of nitrogens with two attached hydrogens (primary N) is 1. The van der Waals surface area contributed by atoms with Crippen LogP contribution in [0.3, 0.4) is 0 Å². The first-order valence-electron chi connectivity index (χ1n) is 5.03. The molecule has 0 saturated heterocycles. The van der Waals surface area contributed by atoms with Crippen LogP contribution in [0.5, 0.6) is 0 Å².